The monoisotopic (exact) mass is 291 g/mol. The molecule has 0 aliphatic rings. The van der Waals surface area contributed by atoms with Crippen molar-refractivity contribution in [2.75, 3.05) is 5.21 Å². The minimum absolute atomic E-state index is 0.0788. The Morgan fingerprint density at radius 2 is 2.00 bits per heavy atom. The Bertz CT molecular complexity index is 488. The predicted molar refractivity (Wildman–Crippen MR) is 73.4 cm³/mol. The summed E-state index contributed by atoms with van der Waals surface area (Å²) in [5, 5.41) is -0.445. The van der Waals surface area contributed by atoms with Gasteiger partial charge in [0.25, 0.3) is 0 Å². The smallest absolute Gasteiger partial charge is 0.226 e. The summed E-state index contributed by atoms with van der Waals surface area (Å²) in [4.78, 5) is 0. The van der Waals surface area contributed by atoms with Crippen molar-refractivity contribution in [2.24, 2.45) is 0 Å². The third kappa shape index (κ3) is 4.84. The SMILES string of the molecule is CC(C)Oc1cccc(C(C)NS(=O)(=O)CCl)c1. The normalized spacial score (nSPS) is 13.6. The van der Waals surface area contributed by atoms with E-state index in [1.54, 1.807) is 6.92 Å². The van der Waals surface area contributed by atoms with Gasteiger partial charge >= 0.3 is 0 Å². The van der Waals surface area contributed by atoms with Crippen LogP contribution in [-0.2, 0) is 10.0 Å². The lowest BCUT2D eigenvalue weighted by molar-refractivity contribution is 0.242. The first kappa shape index (κ1) is 15.3. The maximum absolute atomic E-state index is 11.4. The second-order valence-electron chi connectivity index (χ2n) is 4.30. The van der Waals surface area contributed by atoms with Gasteiger partial charge in [-0.2, -0.15) is 0 Å². The first-order valence-electron chi connectivity index (χ1n) is 5.66. The third-order valence-corrected chi connectivity index (χ3v) is 4.09. The quantitative estimate of drug-likeness (QED) is 0.820. The van der Waals surface area contributed by atoms with Crippen LogP contribution in [0.25, 0.3) is 0 Å². The topological polar surface area (TPSA) is 55.4 Å². The van der Waals surface area contributed by atoms with E-state index < -0.39 is 15.2 Å². The number of nitrogens with one attached hydrogen (secondary N) is 1. The number of benzene rings is 1. The number of hydrogen-bond acceptors (Lipinski definition) is 3. The molecule has 1 rings (SSSR count). The summed E-state index contributed by atoms with van der Waals surface area (Å²) in [5.74, 6) is 0.722. The van der Waals surface area contributed by atoms with Crippen molar-refractivity contribution in [3.05, 3.63) is 29.8 Å². The van der Waals surface area contributed by atoms with Gasteiger partial charge in [-0.25, -0.2) is 13.1 Å². The zero-order valence-electron chi connectivity index (χ0n) is 10.7. The van der Waals surface area contributed by atoms with E-state index in [0.717, 1.165) is 11.3 Å². The second kappa shape index (κ2) is 6.41. The van der Waals surface area contributed by atoms with Gasteiger partial charge in [-0.3, -0.25) is 0 Å². The molecule has 0 aromatic heterocycles. The van der Waals surface area contributed by atoms with E-state index in [-0.39, 0.29) is 12.1 Å². The fraction of sp³-hybridized carbons (Fsp3) is 0.500. The molecule has 1 atom stereocenters. The molecule has 1 aromatic carbocycles. The van der Waals surface area contributed by atoms with E-state index >= 15 is 0 Å². The molecule has 1 aromatic rings. The van der Waals surface area contributed by atoms with Crippen LogP contribution in [-0.4, -0.2) is 19.7 Å². The molecule has 0 bridgehead atoms. The molecule has 0 radical (unpaired) electrons. The maximum Gasteiger partial charge on any atom is 0.226 e. The Balaban J connectivity index is 2.83. The zero-order valence-corrected chi connectivity index (χ0v) is 12.3. The van der Waals surface area contributed by atoms with Crippen molar-refractivity contribution in [3.8, 4) is 5.75 Å². The van der Waals surface area contributed by atoms with E-state index in [4.69, 9.17) is 16.3 Å². The highest BCUT2D eigenvalue weighted by Gasteiger charge is 2.14. The van der Waals surface area contributed by atoms with Gasteiger partial charge in [0.2, 0.25) is 10.0 Å². The van der Waals surface area contributed by atoms with Gasteiger partial charge in [0.15, 0.2) is 0 Å². The lowest BCUT2D eigenvalue weighted by Gasteiger charge is -2.15. The first-order valence-corrected chi connectivity index (χ1v) is 7.85. The Morgan fingerprint density at radius 1 is 1.33 bits per heavy atom. The molecular weight excluding hydrogens is 274 g/mol. The number of alkyl halides is 1. The van der Waals surface area contributed by atoms with Crippen molar-refractivity contribution >= 4 is 21.6 Å². The van der Waals surface area contributed by atoms with Crippen LogP contribution in [0.5, 0.6) is 5.75 Å². The zero-order chi connectivity index (χ0) is 13.8. The predicted octanol–water partition coefficient (Wildman–Crippen LogP) is 2.65. The Morgan fingerprint density at radius 3 is 2.56 bits per heavy atom. The summed E-state index contributed by atoms with van der Waals surface area (Å²) in [6.45, 7) is 5.64. The molecule has 0 saturated carbocycles. The molecule has 0 amide bonds. The van der Waals surface area contributed by atoms with Gasteiger partial charge in [-0.15, -0.1) is 11.6 Å². The number of halogens is 1. The molecule has 0 aliphatic heterocycles. The molecule has 102 valence electrons. The van der Waals surface area contributed by atoms with Gasteiger partial charge in [0, 0.05) is 6.04 Å². The fourth-order valence-electron chi connectivity index (χ4n) is 1.50. The Kier molecular flexibility index (Phi) is 5.44. The van der Waals surface area contributed by atoms with E-state index in [1.165, 1.54) is 0 Å². The summed E-state index contributed by atoms with van der Waals surface area (Å²) in [5.41, 5.74) is 0.835. The summed E-state index contributed by atoms with van der Waals surface area (Å²) in [6.07, 6.45) is 0.0788. The van der Waals surface area contributed by atoms with Gasteiger partial charge in [0.05, 0.1) is 6.10 Å². The van der Waals surface area contributed by atoms with Crippen LogP contribution >= 0.6 is 11.6 Å². The Hall–Kier alpha value is -0.780. The minimum atomic E-state index is -3.43. The van der Waals surface area contributed by atoms with Crippen molar-refractivity contribution in [1.82, 2.24) is 4.72 Å². The highest BCUT2D eigenvalue weighted by Crippen LogP contribution is 2.20. The number of ether oxygens (including phenoxy) is 1. The summed E-state index contributed by atoms with van der Waals surface area (Å²) in [6, 6.07) is 6.99. The highest BCUT2D eigenvalue weighted by molar-refractivity contribution is 7.90. The lowest BCUT2D eigenvalue weighted by atomic mass is 10.1. The highest BCUT2D eigenvalue weighted by atomic mass is 35.5. The first-order chi connectivity index (χ1) is 8.34. The Labute approximate surface area is 113 Å². The van der Waals surface area contributed by atoms with Crippen LogP contribution in [0.2, 0.25) is 0 Å². The number of sulfonamides is 1. The molecule has 0 heterocycles. The van der Waals surface area contributed by atoms with E-state index in [0.29, 0.717) is 0 Å². The summed E-state index contributed by atoms with van der Waals surface area (Å²) >= 11 is 5.35. The lowest BCUT2D eigenvalue weighted by Crippen LogP contribution is -2.27. The largest absolute Gasteiger partial charge is 0.491 e. The molecule has 18 heavy (non-hydrogen) atoms. The standard InChI is InChI=1S/C12H18ClNO3S/c1-9(2)17-12-6-4-5-11(7-12)10(3)14-18(15,16)8-13/h4-7,9-10,14H,8H2,1-3H3. The van der Waals surface area contributed by atoms with Crippen LogP contribution in [0.4, 0.5) is 0 Å². The molecule has 0 fully saturated rings. The van der Waals surface area contributed by atoms with Crippen LogP contribution in [0.1, 0.15) is 32.4 Å². The van der Waals surface area contributed by atoms with Gasteiger partial charge in [-0.1, -0.05) is 12.1 Å². The molecule has 6 heteroatoms. The van der Waals surface area contributed by atoms with Crippen molar-refractivity contribution in [3.63, 3.8) is 0 Å². The van der Waals surface area contributed by atoms with Gasteiger partial charge in [-0.05, 0) is 38.5 Å². The average molecular weight is 292 g/mol. The van der Waals surface area contributed by atoms with Gasteiger partial charge in [0.1, 0.15) is 11.0 Å². The van der Waals surface area contributed by atoms with Crippen LogP contribution in [0.15, 0.2) is 24.3 Å². The molecule has 4 nitrogen and oxygen atoms in total. The van der Waals surface area contributed by atoms with E-state index in [9.17, 15) is 8.42 Å². The number of hydrogen-bond donors (Lipinski definition) is 1. The minimum Gasteiger partial charge on any atom is -0.491 e. The molecular formula is C12H18ClNO3S. The van der Waals surface area contributed by atoms with Crippen LogP contribution < -0.4 is 9.46 Å². The van der Waals surface area contributed by atoms with Gasteiger partial charge < -0.3 is 4.74 Å². The average Bonchev–Trinajstić information content (AvgIpc) is 2.28. The third-order valence-electron chi connectivity index (χ3n) is 2.23. The van der Waals surface area contributed by atoms with Crippen molar-refractivity contribution in [2.45, 2.75) is 32.9 Å². The van der Waals surface area contributed by atoms with Crippen LogP contribution in [0.3, 0.4) is 0 Å². The van der Waals surface area contributed by atoms with Crippen molar-refractivity contribution < 1.29 is 13.2 Å². The summed E-state index contributed by atoms with van der Waals surface area (Å²) < 4.78 is 30.8. The molecule has 1 unspecified atom stereocenters. The second-order valence-corrected chi connectivity index (χ2v) is 6.64. The molecule has 1 N–H and O–H groups in total. The van der Waals surface area contributed by atoms with Crippen LogP contribution in [0, 0.1) is 0 Å². The van der Waals surface area contributed by atoms with E-state index in [2.05, 4.69) is 4.72 Å². The summed E-state index contributed by atoms with van der Waals surface area (Å²) in [7, 11) is -3.43. The fourth-order valence-corrected chi connectivity index (χ4v) is 2.42. The maximum atomic E-state index is 11.4. The molecule has 0 saturated heterocycles. The molecule has 0 aliphatic carbocycles. The van der Waals surface area contributed by atoms with Crippen molar-refractivity contribution in [1.29, 1.82) is 0 Å². The molecule has 0 spiro atoms. The van der Waals surface area contributed by atoms with E-state index in [1.807, 2.05) is 38.1 Å². The number of rotatable bonds is 6.